The van der Waals surface area contributed by atoms with E-state index in [-0.39, 0.29) is 5.41 Å². The highest BCUT2D eigenvalue weighted by Gasteiger charge is 2.33. The van der Waals surface area contributed by atoms with E-state index in [2.05, 4.69) is 30.8 Å². The van der Waals surface area contributed by atoms with E-state index in [9.17, 15) is 5.11 Å². The summed E-state index contributed by atoms with van der Waals surface area (Å²) >= 11 is 0. The van der Waals surface area contributed by atoms with Crippen LogP contribution in [-0.4, -0.2) is 75.0 Å². The molecule has 4 heteroatoms. The Balaban J connectivity index is 2.39. The van der Waals surface area contributed by atoms with Gasteiger partial charge in [-0.2, -0.15) is 0 Å². The summed E-state index contributed by atoms with van der Waals surface area (Å²) in [6, 6.07) is 0. The van der Waals surface area contributed by atoms with Crippen LogP contribution in [0.3, 0.4) is 0 Å². The molecule has 1 aliphatic heterocycles. The number of rotatable bonds is 8. The second kappa shape index (κ2) is 8.10. The van der Waals surface area contributed by atoms with E-state index < -0.39 is 0 Å². The largest absolute Gasteiger partial charge is 0.396 e. The van der Waals surface area contributed by atoms with Gasteiger partial charge in [0.2, 0.25) is 0 Å². The minimum atomic E-state index is 0.0758. The first-order valence-corrected chi connectivity index (χ1v) is 7.17. The molecule has 108 valence electrons. The molecule has 0 aliphatic carbocycles. The van der Waals surface area contributed by atoms with Crippen LogP contribution in [0.15, 0.2) is 0 Å². The Bertz CT molecular complexity index is 216. The van der Waals surface area contributed by atoms with E-state index >= 15 is 0 Å². The lowest BCUT2D eigenvalue weighted by molar-refractivity contribution is -0.0338. The molecule has 0 saturated carbocycles. The SMILES string of the molecule is CCN(CCCN(C)C)CC1(CO)CCOCC1. The molecule has 1 rings (SSSR count). The maximum absolute atomic E-state index is 9.71. The molecule has 0 aromatic heterocycles. The highest BCUT2D eigenvalue weighted by atomic mass is 16.5. The van der Waals surface area contributed by atoms with Crippen LogP contribution in [-0.2, 0) is 4.74 Å². The van der Waals surface area contributed by atoms with Gasteiger partial charge >= 0.3 is 0 Å². The Labute approximate surface area is 112 Å². The molecule has 1 saturated heterocycles. The molecule has 0 spiro atoms. The van der Waals surface area contributed by atoms with Gasteiger partial charge in [-0.25, -0.2) is 0 Å². The van der Waals surface area contributed by atoms with Gasteiger partial charge in [-0.1, -0.05) is 6.92 Å². The van der Waals surface area contributed by atoms with Crippen molar-refractivity contribution in [2.24, 2.45) is 5.41 Å². The molecule has 0 aromatic carbocycles. The highest BCUT2D eigenvalue weighted by Crippen LogP contribution is 2.30. The minimum absolute atomic E-state index is 0.0758. The fourth-order valence-electron chi connectivity index (χ4n) is 2.60. The van der Waals surface area contributed by atoms with Crippen LogP contribution in [0.2, 0.25) is 0 Å². The molecule has 0 unspecified atom stereocenters. The summed E-state index contributed by atoms with van der Waals surface area (Å²) in [7, 11) is 4.23. The lowest BCUT2D eigenvalue weighted by Gasteiger charge is -2.39. The van der Waals surface area contributed by atoms with Crippen molar-refractivity contribution in [2.45, 2.75) is 26.2 Å². The highest BCUT2D eigenvalue weighted by molar-refractivity contribution is 4.84. The predicted octanol–water partition coefficient (Wildman–Crippen LogP) is 1.05. The molecule has 0 atom stereocenters. The zero-order chi connectivity index (χ0) is 13.4. The number of aliphatic hydroxyl groups excluding tert-OH is 1. The first-order chi connectivity index (χ1) is 8.62. The molecular formula is C14H30N2O2. The second-order valence-corrected chi connectivity index (χ2v) is 5.80. The van der Waals surface area contributed by atoms with Crippen LogP contribution in [0.5, 0.6) is 0 Å². The summed E-state index contributed by atoms with van der Waals surface area (Å²) in [5.41, 5.74) is 0.0758. The Kier molecular flexibility index (Phi) is 7.15. The molecule has 1 N–H and O–H groups in total. The standard InChI is InChI=1S/C14H30N2O2/c1-4-16(9-5-8-15(2)3)12-14(13-17)6-10-18-11-7-14/h17H,4-13H2,1-3H3. The third-order valence-corrected chi connectivity index (χ3v) is 3.97. The van der Waals surface area contributed by atoms with Crippen molar-refractivity contribution in [1.29, 1.82) is 0 Å². The number of nitrogens with zero attached hydrogens (tertiary/aromatic N) is 2. The maximum Gasteiger partial charge on any atom is 0.0501 e. The molecule has 1 aliphatic rings. The van der Waals surface area contributed by atoms with E-state index in [1.54, 1.807) is 0 Å². The van der Waals surface area contributed by atoms with Gasteiger partial charge in [0.1, 0.15) is 0 Å². The lowest BCUT2D eigenvalue weighted by atomic mass is 9.80. The minimum Gasteiger partial charge on any atom is -0.396 e. The summed E-state index contributed by atoms with van der Waals surface area (Å²) in [4.78, 5) is 4.70. The molecule has 0 amide bonds. The Morgan fingerprint density at radius 1 is 1.17 bits per heavy atom. The van der Waals surface area contributed by atoms with Gasteiger partial charge < -0.3 is 19.6 Å². The smallest absolute Gasteiger partial charge is 0.0501 e. The number of aliphatic hydroxyl groups is 1. The second-order valence-electron chi connectivity index (χ2n) is 5.80. The van der Waals surface area contributed by atoms with E-state index in [0.717, 1.165) is 52.2 Å². The number of ether oxygens (including phenoxy) is 1. The van der Waals surface area contributed by atoms with Gasteiger partial charge in [-0.15, -0.1) is 0 Å². The van der Waals surface area contributed by atoms with Gasteiger partial charge in [-0.05, 0) is 53.0 Å². The van der Waals surface area contributed by atoms with Gasteiger partial charge in [0.25, 0.3) is 0 Å². The summed E-state index contributed by atoms with van der Waals surface area (Å²) in [5.74, 6) is 0. The topological polar surface area (TPSA) is 35.9 Å². The third-order valence-electron chi connectivity index (χ3n) is 3.97. The molecule has 0 aromatic rings. The average Bonchev–Trinajstić information content (AvgIpc) is 2.38. The Hall–Kier alpha value is -0.160. The predicted molar refractivity (Wildman–Crippen MR) is 74.9 cm³/mol. The fourth-order valence-corrected chi connectivity index (χ4v) is 2.60. The van der Waals surface area contributed by atoms with E-state index in [0.29, 0.717) is 6.61 Å². The lowest BCUT2D eigenvalue weighted by Crippen LogP contribution is -2.44. The number of hydrogen-bond acceptors (Lipinski definition) is 4. The van der Waals surface area contributed by atoms with Gasteiger partial charge in [0.15, 0.2) is 0 Å². The van der Waals surface area contributed by atoms with Crippen LogP contribution in [0.4, 0.5) is 0 Å². The molecule has 0 bridgehead atoms. The van der Waals surface area contributed by atoms with Crippen LogP contribution in [0, 0.1) is 5.41 Å². The Morgan fingerprint density at radius 2 is 1.83 bits per heavy atom. The average molecular weight is 258 g/mol. The van der Waals surface area contributed by atoms with Gasteiger partial charge in [0, 0.05) is 25.2 Å². The van der Waals surface area contributed by atoms with Crippen molar-refractivity contribution in [3.8, 4) is 0 Å². The summed E-state index contributed by atoms with van der Waals surface area (Å²) in [5, 5.41) is 9.71. The van der Waals surface area contributed by atoms with Crippen molar-refractivity contribution >= 4 is 0 Å². The molecular weight excluding hydrogens is 228 g/mol. The van der Waals surface area contributed by atoms with Crippen molar-refractivity contribution in [3.63, 3.8) is 0 Å². The maximum atomic E-state index is 9.71. The van der Waals surface area contributed by atoms with Crippen LogP contribution in [0.25, 0.3) is 0 Å². The zero-order valence-electron chi connectivity index (χ0n) is 12.3. The molecule has 18 heavy (non-hydrogen) atoms. The van der Waals surface area contributed by atoms with E-state index in [1.807, 2.05) is 0 Å². The van der Waals surface area contributed by atoms with Gasteiger partial charge in [0.05, 0.1) is 6.61 Å². The van der Waals surface area contributed by atoms with E-state index in [1.165, 1.54) is 6.42 Å². The Morgan fingerprint density at radius 3 is 2.33 bits per heavy atom. The van der Waals surface area contributed by atoms with Crippen LogP contribution >= 0.6 is 0 Å². The van der Waals surface area contributed by atoms with Crippen molar-refractivity contribution in [1.82, 2.24) is 9.80 Å². The molecule has 4 nitrogen and oxygen atoms in total. The van der Waals surface area contributed by atoms with Crippen LogP contribution < -0.4 is 0 Å². The summed E-state index contributed by atoms with van der Waals surface area (Å²) in [6.07, 6.45) is 3.18. The fraction of sp³-hybridized carbons (Fsp3) is 1.00. The first-order valence-electron chi connectivity index (χ1n) is 7.17. The van der Waals surface area contributed by atoms with Crippen molar-refractivity contribution in [3.05, 3.63) is 0 Å². The summed E-state index contributed by atoms with van der Waals surface area (Å²) < 4.78 is 5.42. The quantitative estimate of drug-likeness (QED) is 0.706. The zero-order valence-corrected chi connectivity index (χ0v) is 12.3. The summed E-state index contributed by atoms with van der Waals surface area (Å²) in [6.45, 7) is 8.43. The van der Waals surface area contributed by atoms with Crippen molar-refractivity contribution < 1.29 is 9.84 Å². The normalized spacial score (nSPS) is 19.7. The van der Waals surface area contributed by atoms with E-state index in [4.69, 9.17) is 4.74 Å². The van der Waals surface area contributed by atoms with Crippen LogP contribution in [0.1, 0.15) is 26.2 Å². The molecule has 1 heterocycles. The van der Waals surface area contributed by atoms with Crippen molar-refractivity contribution in [2.75, 3.05) is 60.1 Å². The molecule has 1 fully saturated rings. The first kappa shape index (κ1) is 15.9. The molecule has 0 radical (unpaired) electrons. The van der Waals surface area contributed by atoms with Gasteiger partial charge in [-0.3, -0.25) is 0 Å². The number of hydrogen-bond donors (Lipinski definition) is 1. The monoisotopic (exact) mass is 258 g/mol. The third kappa shape index (κ3) is 5.22.